The van der Waals surface area contributed by atoms with Gasteiger partial charge in [-0.05, 0) is 43.5 Å². The molecule has 0 aliphatic carbocycles. The SMILES string of the molecule is COc1ccc(-n2ccc(C)c(C(=O)N3CCC(c4ccn[nH]4)CC3)c2=O)cn1. The monoisotopic (exact) mass is 393 g/mol. The van der Waals surface area contributed by atoms with Gasteiger partial charge < -0.3 is 9.64 Å². The van der Waals surface area contributed by atoms with Crippen LogP contribution in [-0.2, 0) is 0 Å². The number of rotatable bonds is 4. The Morgan fingerprint density at radius 3 is 2.62 bits per heavy atom. The molecule has 0 atom stereocenters. The minimum Gasteiger partial charge on any atom is -0.481 e. The smallest absolute Gasteiger partial charge is 0.268 e. The van der Waals surface area contributed by atoms with E-state index in [-0.39, 0.29) is 17.0 Å². The molecule has 8 heteroatoms. The highest BCUT2D eigenvalue weighted by molar-refractivity contribution is 5.95. The van der Waals surface area contributed by atoms with Crippen LogP contribution in [0.2, 0.25) is 0 Å². The summed E-state index contributed by atoms with van der Waals surface area (Å²) in [6, 6.07) is 7.19. The Morgan fingerprint density at radius 2 is 2.00 bits per heavy atom. The maximum absolute atomic E-state index is 13.2. The first kappa shape index (κ1) is 18.9. The zero-order chi connectivity index (χ0) is 20.4. The van der Waals surface area contributed by atoms with Crippen LogP contribution >= 0.6 is 0 Å². The lowest BCUT2D eigenvalue weighted by Crippen LogP contribution is -2.41. The molecule has 1 amide bonds. The van der Waals surface area contributed by atoms with Gasteiger partial charge >= 0.3 is 0 Å². The molecule has 1 aliphatic rings. The first-order chi connectivity index (χ1) is 14.1. The molecule has 4 rings (SSSR count). The molecule has 1 saturated heterocycles. The molecule has 4 heterocycles. The van der Waals surface area contributed by atoms with Crippen molar-refractivity contribution < 1.29 is 9.53 Å². The van der Waals surface area contributed by atoms with E-state index < -0.39 is 0 Å². The molecule has 0 saturated carbocycles. The normalized spacial score (nSPS) is 14.8. The molecule has 0 aromatic carbocycles. The van der Waals surface area contributed by atoms with Crippen LogP contribution in [0.25, 0.3) is 5.69 Å². The van der Waals surface area contributed by atoms with Crippen molar-refractivity contribution in [1.29, 1.82) is 0 Å². The van der Waals surface area contributed by atoms with Crippen LogP contribution in [0.4, 0.5) is 0 Å². The standard InChI is InChI=1S/C21H23N5O3/c1-14-6-12-26(16-3-4-18(29-2)22-13-16)21(28)19(14)20(27)25-10-7-15(8-11-25)17-5-9-23-24-17/h3-6,9,12-13,15H,7-8,10-11H2,1-2H3,(H,23,24). The third kappa shape index (κ3) is 3.65. The number of carbonyl (C=O) groups excluding carboxylic acids is 1. The van der Waals surface area contributed by atoms with Gasteiger partial charge in [0.15, 0.2) is 0 Å². The average molecular weight is 393 g/mol. The first-order valence-corrected chi connectivity index (χ1v) is 9.59. The van der Waals surface area contributed by atoms with E-state index in [1.807, 2.05) is 6.07 Å². The number of likely N-dealkylation sites (tertiary alicyclic amines) is 1. The van der Waals surface area contributed by atoms with Crippen LogP contribution in [0, 0.1) is 6.92 Å². The summed E-state index contributed by atoms with van der Waals surface area (Å²) in [6.45, 7) is 3.02. The van der Waals surface area contributed by atoms with Crippen molar-refractivity contribution >= 4 is 5.91 Å². The van der Waals surface area contributed by atoms with E-state index in [9.17, 15) is 9.59 Å². The van der Waals surface area contributed by atoms with E-state index in [0.29, 0.717) is 36.1 Å². The molecule has 1 aliphatic heterocycles. The summed E-state index contributed by atoms with van der Waals surface area (Å²) in [7, 11) is 1.53. The summed E-state index contributed by atoms with van der Waals surface area (Å²) in [4.78, 5) is 32.2. The predicted octanol–water partition coefficient (Wildman–Crippen LogP) is 2.29. The van der Waals surface area contributed by atoms with Gasteiger partial charge in [0, 0.05) is 43.2 Å². The molecule has 150 valence electrons. The van der Waals surface area contributed by atoms with Crippen LogP contribution in [0.3, 0.4) is 0 Å². The summed E-state index contributed by atoms with van der Waals surface area (Å²) in [5, 5.41) is 7.02. The maximum atomic E-state index is 13.2. The van der Waals surface area contributed by atoms with Gasteiger partial charge in [0.05, 0.1) is 19.0 Å². The van der Waals surface area contributed by atoms with E-state index in [1.165, 1.54) is 11.7 Å². The number of nitrogens with one attached hydrogen (secondary N) is 1. The Labute approximate surface area is 168 Å². The lowest BCUT2D eigenvalue weighted by molar-refractivity contribution is 0.0709. The fraction of sp³-hybridized carbons (Fsp3) is 0.333. The van der Waals surface area contributed by atoms with Gasteiger partial charge in [-0.15, -0.1) is 0 Å². The van der Waals surface area contributed by atoms with Crippen LogP contribution in [0.15, 0.2) is 47.7 Å². The zero-order valence-electron chi connectivity index (χ0n) is 16.5. The molecule has 3 aromatic rings. The second kappa shape index (κ2) is 7.90. The third-order valence-corrected chi connectivity index (χ3v) is 5.47. The van der Waals surface area contributed by atoms with Crippen molar-refractivity contribution in [1.82, 2.24) is 24.6 Å². The van der Waals surface area contributed by atoms with Gasteiger partial charge in [-0.25, -0.2) is 4.98 Å². The molecule has 0 unspecified atom stereocenters. The number of methoxy groups -OCH3 is 1. The number of aryl methyl sites for hydroxylation is 1. The van der Waals surface area contributed by atoms with E-state index in [2.05, 4.69) is 15.2 Å². The van der Waals surface area contributed by atoms with Crippen molar-refractivity contribution in [3.63, 3.8) is 0 Å². The predicted molar refractivity (Wildman–Crippen MR) is 108 cm³/mol. The number of H-pyrrole nitrogens is 1. The molecule has 0 bridgehead atoms. The van der Waals surface area contributed by atoms with E-state index in [0.717, 1.165) is 18.5 Å². The Hall–Kier alpha value is -3.42. The van der Waals surface area contributed by atoms with Gasteiger partial charge in [-0.1, -0.05) is 0 Å². The van der Waals surface area contributed by atoms with Crippen molar-refractivity contribution in [2.75, 3.05) is 20.2 Å². The van der Waals surface area contributed by atoms with Gasteiger partial charge in [0.2, 0.25) is 5.88 Å². The molecule has 3 aromatic heterocycles. The third-order valence-electron chi connectivity index (χ3n) is 5.47. The van der Waals surface area contributed by atoms with Crippen LogP contribution < -0.4 is 10.3 Å². The molecule has 1 N–H and O–H groups in total. The van der Waals surface area contributed by atoms with E-state index in [4.69, 9.17) is 4.74 Å². The number of pyridine rings is 2. The lowest BCUT2D eigenvalue weighted by atomic mass is 9.93. The number of aromatic amines is 1. The minimum atomic E-state index is -0.336. The fourth-order valence-electron chi connectivity index (χ4n) is 3.77. The Kier molecular flexibility index (Phi) is 5.16. The van der Waals surface area contributed by atoms with Crippen molar-refractivity contribution in [2.45, 2.75) is 25.7 Å². The van der Waals surface area contributed by atoms with Crippen LogP contribution in [0.5, 0.6) is 5.88 Å². The maximum Gasteiger partial charge on any atom is 0.268 e. The summed E-state index contributed by atoms with van der Waals surface area (Å²) in [6.07, 6.45) is 6.66. The van der Waals surface area contributed by atoms with Gasteiger partial charge in [-0.2, -0.15) is 5.10 Å². The molecular weight excluding hydrogens is 370 g/mol. The minimum absolute atomic E-state index is 0.211. The number of amides is 1. The zero-order valence-corrected chi connectivity index (χ0v) is 16.5. The molecule has 29 heavy (non-hydrogen) atoms. The summed E-state index contributed by atoms with van der Waals surface area (Å²) < 4.78 is 6.51. The highest BCUT2D eigenvalue weighted by atomic mass is 16.5. The van der Waals surface area contributed by atoms with Gasteiger partial charge in [0.1, 0.15) is 5.56 Å². The number of aromatic nitrogens is 4. The van der Waals surface area contributed by atoms with E-state index >= 15 is 0 Å². The molecule has 8 nitrogen and oxygen atoms in total. The fourth-order valence-corrected chi connectivity index (χ4v) is 3.77. The Balaban J connectivity index is 1.58. The van der Waals surface area contributed by atoms with Crippen LogP contribution in [0.1, 0.15) is 40.4 Å². The lowest BCUT2D eigenvalue weighted by Gasteiger charge is -2.31. The first-order valence-electron chi connectivity index (χ1n) is 9.59. The van der Waals surface area contributed by atoms with Crippen molar-refractivity contribution in [3.05, 3.63) is 70.0 Å². The average Bonchev–Trinajstić information content (AvgIpc) is 3.29. The van der Waals surface area contributed by atoms with Crippen LogP contribution in [-0.4, -0.2) is 50.8 Å². The second-order valence-corrected chi connectivity index (χ2v) is 7.19. The summed E-state index contributed by atoms with van der Waals surface area (Å²) in [5.74, 6) is 0.609. The Morgan fingerprint density at radius 1 is 1.21 bits per heavy atom. The molecular formula is C21H23N5O3. The van der Waals surface area contributed by atoms with Gasteiger partial charge in [0.25, 0.3) is 11.5 Å². The quantitative estimate of drug-likeness (QED) is 0.734. The van der Waals surface area contributed by atoms with Crippen molar-refractivity contribution in [3.8, 4) is 11.6 Å². The largest absolute Gasteiger partial charge is 0.481 e. The van der Waals surface area contributed by atoms with Crippen molar-refractivity contribution in [2.24, 2.45) is 0 Å². The highest BCUT2D eigenvalue weighted by Crippen LogP contribution is 2.27. The number of carbonyl (C=O) groups is 1. The number of ether oxygens (including phenoxy) is 1. The highest BCUT2D eigenvalue weighted by Gasteiger charge is 2.28. The molecule has 0 radical (unpaired) electrons. The Bertz CT molecular complexity index is 1050. The second-order valence-electron chi connectivity index (χ2n) is 7.19. The topological polar surface area (TPSA) is 93.1 Å². The number of nitrogens with zero attached hydrogens (tertiary/aromatic N) is 4. The molecule has 1 fully saturated rings. The number of hydrogen-bond acceptors (Lipinski definition) is 5. The van der Waals surface area contributed by atoms with E-state index in [1.54, 1.807) is 48.6 Å². The number of piperidine rings is 1. The summed E-state index contributed by atoms with van der Waals surface area (Å²) in [5.41, 5.74) is 2.24. The summed E-state index contributed by atoms with van der Waals surface area (Å²) >= 11 is 0. The molecule has 0 spiro atoms. The number of hydrogen-bond donors (Lipinski definition) is 1. The van der Waals surface area contributed by atoms with Gasteiger partial charge in [-0.3, -0.25) is 19.3 Å².